The Kier molecular flexibility index (Phi) is 4.93. The van der Waals surface area contributed by atoms with Crippen LogP contribution < -0.4 is 0 Å². The van der Waals surface area contributed by atoms with Crippen molar-refractivity contribution in [3.8, 4) is 0 Å². The highest BCUT2D eigenvalue weighted by atomic mass is 32.2. The number of aliphatic hydroxyl groups excluding tert-OH is 1. The number of hydrogen-bond donors (Lipinski definition) is 1. The zero-order valence-corrected chi connectivity index (χ0v) is 12.8. The molecule has 0 bridgehead atoms. The summed E-state index contributed by atoms with van der Waals surface area (Å²) < 4.78 is 51.2. The van der Waals surface area contributed by atoms with Crippen molar-refractivity contribution in [2.75, 3.05) is 5.75 Å². The Bertz CT molecular complexity index is 735. The van der Waals surface area contributed by atoms with E-state index in [1.165, 1.54) is 6.07 Å². The monoisotopic (exact) mass is 326 g/mol. The fourth-order valence-electron chi connectivity index (χ4n) is 2.07. The molecule has 0 amide bonds. The Balaban J connectivity index is 2.16. The van der Waals surface area contributed by atoms with Gasteiger partial charge >= 0.3 is 0 Å². The van der Waals surface area contributed by atoms with E-state index in [-0.39, 0.29) is 0 Å². The highest BCUT2D eigenvalue weighted by molar-refractivity contribution is 7.90. The molecule has 22 heavy (non-hydrogen) atoms. The van der Waals surface area contributed by atoms with Crippen LogP contribution in [0.4, 0.5) is 8.78 Å². The minimum Gasteiger partial charge on any atom is -0.387 e. The molecular weight excluding hydrogens is 310 g/mol. The fourth-order valence-corrected chi connectivity index (χ4v) is 3.58. The maximum Gasteiger partial charge on any atom is 0.157 e. The molecule has 0 aliphatic rings. The van der Waals surface area contributed by atoms with Gasteiger partial charge in [-0.15, -0.1) is 0 Å². The van der Waals surface area contributed by atoms with Crippen molar-refractivity contribution >= 4 is 9.84 Å². The van der Waals surface area contributed by atoms with Crippen molar-refractivity contribution < 1.29 is 22.3 Å². The molecule has 1 atom stereocenters. The summed E-state index contributed by atoms with van der Waals surface area (Å²) in [5, 5.41) is 10.00. The van der Waals surface area contributed by atoms with Crippen LogP contribution in [0.3, 0.4) is 0 Å². The van der Waals surface area contributed by atoms with Gasteiger partial charge in [0, 0.05) is 5.56 Å². The molecule has 0 heterocycles. The molecule has 0 aromatic heterocycles. The van der Waals surface area contributed by atoms with E-state index in [0.717, 1.165) is 17.7 Å². The van der Waals surface area contributed by atoms with Crippen LogP contribution in [-0.4, -0.2) is 19.3 Å². The number of sulfone groups is 1. The standard InChI is InChI=1S/C16H16F2O3S/c1-11-5-7-12(8-6-11)16(19)10-22(20,21)9-13-14(17)3-2-4-15(13)18/h2-8,16,19H,9-10H2,1H3. The molecule has 118 valence electrons. The third-order valence-corrected chi connectivity index (χ3v) is 4.85. The second-order valence-electron chi connectivity index (χ2n) is 5.18. The third-order valence-electron chi connectivity index (χ3n) is 3.30. The first-order valence-corrected chi connectivity index (χ1v) is 8.48. The second kappa shape index (κ2) is 6.54. The van der Waals surface area contributed by atoms with Gasteiger partial charge < -0.3 is 5.11 Å². The molecule has 0 saturated heterocycles. The zero-order valence-electron chi connectivity index (χ0n) is 12.0. The predicted molar refractivity (Wildman–Crippen MR) is 80.0 cm³/mol. The number of aryl methyl sites for hydroxylation is 1. The molecule has 6 heteroatoms. The Hall–Kier alpha value is -1.79. The highest BCUT2D eigenvalue weighted by Gasteiger charge is 2.22. The van der Waals surface area contributed by atoms with E-state index in [1.807, 2.05) is 6.92 Å². The number of aliphatic hydroxyl groups is 1. The van der Waals surface area contributed by atoms with Gasteiger partial charge in [0.05, 0.1) is 17.6 Å². The topological polar surface area (TPSA) is 54.4 Å². The molecule has 2 aromatic rings. The van der Waals surface area contributed by atoms with Gasteiger partial charge in [-0.1, -0.05) is 35.9 Å². The summed E-state index contributed by atoms with van der Waals surface area (Å²) in [5.41, 5.74) is 0.925. The average Bonchev–Trinajstić information content (AvgIpc) is 2.43. The summed E-state index contributed by atoms with van der Waals surface area (Å²) in [7, 11) is -3.87. The Morgan fingerprint density at radius 2 is 1.59 bits per heavy atom. The van der Waals surface area contributed by atoms with Crippen LogP contribution in [0.15, 0.2) is 42.5 Å². The lowest BCUT2D eigenvalue weighted by molar-refractivity contribution is 0.201. The molecule has 0 fully saturated rings. The van der Waals surface area contributed by atoms with Crippen LogP contribution in [0.2, 0.25) is 0 Å². The van der Waals surface area contributed by atoms with Crippen molar-refractivity contribution in [3.05, 3.63) is 70.8 Å². The van der Waals surface area contributed by atoms with Gasteiger partial charge in [-0.25, -0.2) is 17.2 Å². The molecule has 0 saturated carbocycles. The van der Waals surface area contributed by atoms with Crippen molar-refractivity contribution in [2.24, 2.45) is 0 Å². The molecule has 0 radical (unpaired) electrons. The average molecular weight is 326 g/mol. The lowest BCUT2D eigenvalue weighted by atomic mass is 10.1. The first-order valence-electron chi connectivity index (χ1n) is 6.66. The quantitative estimate of drug-likeness (QED) is 0.919. The minimum absolute atomic E-state index is 0.447. The Morgan fingerprint density at radius 1 is 1.05 bits per heavy atom. The number of benzene rings is 2. The maximum absolute atomic E-state index is 13.5. The smallest absolute Gasteiger partial charge is 0.157 e. The van der Waals surface area contributed by atoms with E-state index in [9.17, 15) is 22.3 Å². The van der Waals surface area contributed by atoms with Gasteiger partial charge in [0.2, 0.25) is 0 Å². The molecule has 0 aliphatic heterocycles. The first kappa shape index (κ1) is 16.6. The minimum atomic E-state index is -3.87. The second-order valence-corrected chi connectivity index (χ2v) is 7.29. The lowest BCUT2D eigenvalue weighted by Gasteiger charge is -2.12. The summed E-state index contributed by atoms with van der Waals surface area (Å²) in [5.74, 6) is -3.19. The molecular formula is C16H16F2O3S. The van der Waals surface area contributed by atoms with Crippen molar-refractivity contribution in [1.29, 1.82) is 0 Å². The molecule has 0 spiro atoms. The van der Waals surface area contributed by atoms with Crippen molar-refractivity contribution in [2.45, 2.75) is 18.8 Å². The molecule has 3 nitrogen and oxygen atoms in total. The molecule has 2 aromatic carbocycles. The lowest BCUT2D eigenvalue weighted by Crippen LogP contribution is -2.17. The third kappa shape index (κ3) is 4.11. The van der Waals surface area contributed by atoms with Crippen molar-refractivity contribution in [3.63, 3.8) is 0 Å². The summed E-state index contributed by atoms with van der Waals surface area (Å²) >= 11 is 0. The molecule has 0 aliphatic carbocycles. The molecule has 2 rings (SSSR count). The fraction of sp³-hybridized carbons (Fsp3) is 0.250. The Labute approximate surface area is 128 Å². The van der Waals surface area contributed by atoms with Crippen molar-refractivity contribution in [1.82, 2.24) is 0 Å². The largest absolute Gasteiger partial charge is 0.387 e. The van der Waals surface area contributed by atoms with E-state index in [0.29, 0.717) is 5.56 Å². The van der Waals surface area contributed by atoms with E-state index in [2.05, 4.69) is 0 Å². The maximum atomic E-state index is 13.5. The zero-order chi connectivity index (χ0) is 16.3. The molecule has 1 N–H and O–H groups in total. The van der Waals surface area contributed by atoms with Gasteiger partial charge in [-0.05, 0) is 24.6 Å². The van der Waals surface area contributed by atoms with Gasteiger partial charge in [-0.2, -0.15) is 0 Å². The Morgan fingerprint density at radius 3 is 2.14 bits per heavy atom. The van der Waals surface area contributed by atoms with E-state index in [4.69, 9.17) is 0 Å². The summed E-state index contributed by atoms with van der Waals surface area (Å²) in [6.45, 7) is 1.87. The van der Waals surface area contributed by atoms with Crippen LogP contribution in [0.1, 0.15) is 22.8 Å². The van der Waals surface area contributed by atoms with Gasteiger partial charge in [-0.3, -0.25) is 0 Å². The summed E-state index contributed by atoms with van der Waals surface area (Å²) in [4.78, 5) is 0. The number of hydrogen-bond acceptors (Lipinski definition) is 3. The number of rotatable bonds is 5. The van der Waals surface area contributed by atoms with E-state index in [1.54, 1.807) is 24.3 Å². The summed E-state index contributed by atoms with van der Waals surface area (Å²) in [6, 6.07) is 9.93. The normalized spacial score (nSPS) is 13.1. The van der Waals surface area contributed by atoms with Crippen LogP contribution >= 0.6 is 0 Å². The molecule has 1 unspecified atom stereocenters. The first-order chi connectivity index (χ1) is 10.3. The van der Waals surface area contributed by atoms with Gasteiger partial charge in [0.25, 0.3) is 0 Å². The highest BCUT2D eigenvalue weighted by Crippen LogP contribution is 2.20. The van der Waals surface area contributed by atoms with Gasteiger partial charge in [0.15, 0.2) is 9.84 Å². The summed E-state index contributed by atoms with van der Waals surface area (Å²) in [6.07, 6.45) is -1.24. The van der Waals surface area contributed by atoms with E-state index >= 15 is 0 Å². The number of halogens is 2. The van der Waals surface area contributed by atoms with Crippen LogP contribution in [0, 0.1) is 18.6 Å². The SMILES string of the molecule is Cc1ccc(C(O)CS(=O)(=O)Cc2c(F)cccc2F)cc1. The van der Waals surface area contributed by atoms with E-state index < -0.39 is 44.6 Å². The predicted octanol–water partition coefficient (Wildman–Crippen LogP) is 2.92. The van der Waals surface area contributed by atoms with Crippen LogP contribution in [-0.2, 0) is 15.6 Å². The van der Waals surface area contributed by atoms with Crippen LogP contribution in [0.5, 0.6) is 0 Å². The van der Waals surface area contributed by atoms with Gasteiger partial charge in [0.1, 0.15) is 11.6 Å². The van der Waals surface area contributed by atoms with Crippen LogP contribution in [0.25, 0.3) is 0 Å².